The number of alkyl halides is 3. The molecule has 0 spiro atoms. The van der Waals surface area contributed by atoms with Gasteiger partial charge < -0.3 is 4.42 Å². The Morgan fingerprint density at radius 3 is 2.56 bits per heavy atom. The highest BCUT2D eigenvalue weighted by molar-refractivity contribution is 6.03. The molecule has 1 amide bonds. The summed E-state index contributed by atoms with van der Waals surface area (Å²) in [7, 11) is 0. The van der Waals surface area contributed by atoms with E-state index in [2.05, 4.69) is 15.5 Å². The molecule has 1 saturated carbocycles. The minimum absolute atomic E-state index is 0.0966. The lowest BCUT2D eigenvalue weighted by atomic mass is 9.89. The normalized spacial score (nSPS) is 16.0. The van der Waals surface area contributed by atoms with Gasteiger partial charge in [-0.05, 0) is 43.5 Å². The maximum atomic E-state index is 12.9. The van der Waals surface area contributed by atoms with Gasteiger partial charge in [0.25, 0.3) is 5.91 Å². The maximum Gasteiger partial charge on any atom is 0.416 e. The van der Waals surface area contributed by atoms with Crippen molar-refractivity contribution in [2.45, 2.75) is 51.1 Å². The van der Waals surface area contributed by atoms with Gasteiger partial charge in [0, 0.05) is 11.5 Å². The van der Waals surface area contributed by atoms with Crippen molar-refractivity contribution in [3.63, 3.8) is 0 Å². The predicted octanol–water partition coefficient (Wildman–Crippen LogP) is 4.70. The van der Waals surface area contributed by atoms with E-state index < -0.39 is 17.6 Å². The molecule has 0 radical (unpaired) electrons. The Morgan fingerprint density at radius 1 is 1.16 bits per heavy atom. The zero-order valence-corrected chi connectivity index (χ0v) is 13.7. The number of rotatable bonds is 3. The van der Waals surface area contributed by atoms with Crippen molar-refractivity contribution in [2.75, 3.05) is 5.32 Å². The number of carbonyl (C=O) groups is 1. The van der Waals surface area contributed by atoms with Crippen LogP contribution in [0.4, 0.5) is 19.2 Å². The number of amides is 1. The van der Waals surface area contributed by atoms with Crippen molar-refractivity contribution in [1.29, 1.82) is 0 Å². The largest absolute Gasteiger partial charge is 0.416 e. The Morgan fingerprint density at radius 2 is 1.88 bits per heavy atom. The van der Waals surface area contributed by atoms with Crippen LogP contribution in [0.2, 0.25) is 0 Å². The number of anilines is 1. The molecule has 1 aliphatic rings. The van der Waals surface area contributed by atoms with E-state index in [1.807, 2.05) is 0 Å². The molecule has 25 heavy (non-hydrogen) atoms. The van der Waals surface area contributed by atoms with Gasteiger partial charge in [-0.25, -0.2) is 0 Å². The van der Waals surface area contributed by atoms with Crippen LogP contribution in [0.5, 0.6) is 0 Å². The van der Waals surface area contributed by atoms with Gasteiger partial charge in [0.1, 0.15) is 0 Å². The Hall–Kier alpha value is -2.38. The minimum Gasteiger partial charge on any atom is -0.408 e. The zero-order valence-electron chi connectivity index (χ0n) is 13.7. The Labute approximate surface area is 142 Å². The summed E-state index contributed by atoms with van der Waals surface area (Å²) in [5.74, 6) is -0.0639. The number of hydrogen-bond donors (Lipinski definition) is 1. The van der Waals surface area contributed by atoms with Crippen molar-refractivity contribution < 1.29 is 22.4 Å². The summed E-state index contributed by atoms with van der Waals surface area (Å²) in [6, 6.07) is 3.08. The van der Waals surface area contributed by atoms with Gasteiger partial charge in [0.2, 0.25) is 5.89 Å². The second-order valence-corrected chi connectivity index (χ2v) is 6.32. The Kier molecular flexibility index (Phi) is 4.78. The van der Waals surface area contributed by atoms with Crippen molar-refractivity contribution >= 4 is 11.9 Å². The van der Waals surface area contributed by atoms with Crippen LogP contribution in [-0.4, -0.2) is 16.1 Å². The van der Waals surface area contributed by atoms with Crippen molar-refractivity contribution in [3.8, 4) is 0 Å². The summed E-state index contributed by atoms with van der Waals surface area (Å²) in [6.07, 6.45) is 0.782. The van der Waals surface area contributed by atoms with Gasteiger partial charge in [0.15, 0.2) is 0 Å². The summed E-state index contributed by atoms with van der Waals surface area (Å²) in [5, 5.41) is 10.1. The number of aryl methyl sites for hydroxylation is 1. The molecule has 1 aromatic carbocycles. The highest BCUT2D eigenvalue weighted by Crippen LogP contribution is 2.33. The zero-order chi connectivity index (χ0) is 18.0. The standard InChI is InChI=1S/C17H18F3N3O2/c1-10-7-12(9-13(8-10)17(18,19)20)14(24)21-16-23-22-15(25-16)11-5-3-2-4-6-11/h7-9,11H,2-6H2,1H3,(H,21,23,24). The van der Waals surface area contributed by atoms with Crippen LogP contribution in [0.3, 0.4) is 0 Å². The number of benzene rings is 1. The van der Waals surface area contributed by atoms with E-state index in [0.717, 1.165) is 37.8 Å². The van der Waals surface area contributed by atoms with Crippen LogP contribution in [0.25, 0.3) is 0 Å². The number of halogens is 3. The Balaban J connectivity index is 1.74. The molecule has 1 heterocycles. The van der Waals surface area contributed by atoms with E-state index in [0.29, 0.717) is 11.5 Å². The molecule has 1 N–H and O–H groups in total. The van der Waals surface area contributed by atoms with Crippen LogP contribution in [0, 0.1) is 6.92 Å². The van der Waals surface area contributed by atoms with Crippen LogP contribution in [0.15, 0.2) is 22.6 Å². The van der Waals surface area contributed by atoms with E-state index >= 15 is 0 Å². The van der Waals surface area contributed by atoms with Gasteiger partial charge in [-0.1, -0.05) is 24.4 Å². The molecule has 0 unspecified atom stereocenters. The van der Waals surface area contributed by atoms with Crippen molar-refractivity contribution in [2.24, 2.45) is 0 Å². The summed E-state index contributed by atoms with van der Waals surface area (Å²) in [4.78, 5) is 12.2. The minimum atomic E-state index is -4.51. The van der Waals surface area contributed by atoms with E-state index in [-0.39, 0.29) is 17.5 Å². The van der Waals surface area contributed by atoms with Gasteiger partial charge in [-0.3, -0.25) is 10.1 Å². The predicted molar refractivity (Wildman–Crippen MR) is 84.3 cm³/mol. The molecular weight excluding hydrogens is 335 g/mol. The quantitative estimate of drug-likeness (QED) is 0.869. The molecule has 1 aromatic heterocycles. The molecule has 3 rings (SSSR count). The van der Waals surface area contributed by atoms with Crippen LogP contribution < -0.4 is 5.32 Å². The first kappa shape index (κ1) is 17.4. The average Bonchev–Trinajstić information content (AvgIpc) is 3.03. The molecule has 0 bridgehead atoms. The molecule has 2 aromatic rings. The van der Waals surface area contributed by atoms with E-state index in [1.165, 1.54) is 19.4 Å². The van der Waals surface area contributed by atoms with Crippen LogP contribution >= 0.6 is 0 Å². The first-order valence-electron chi connectivity index (χ1n) is 8.16. The third kappa shape index (κ3) is 4.18. The number of nitrogens with zero attached hydrogens (tertiary/aromatic N) is 2. The third-order valence-electron chi connectivity index (χ3n) is 4.28. The lowest BCUT2D eigenvalue weighted by molar-refractivity contribution is -0.137. The maximum absolute atomic E-state index is 12.9. The summed E-state index contributed by atoms with van der Waals surface area (Å²) < 4.78 is 44.1. The smallest absolute Gasteiger partial charge is 0.408 e. The fraction of sp³-hybridized carbons (Fsp3) is 0.471. The number of aromatic nitrogens is 2. The molecule has 1 aliphatic carbocycles. The van der Waals surface area contributed by atoms with Gasteiger partial charge in [0.05, 0.1) is 5.56 Å². The lowest BCUT2D eigenvalue weighted by Crippen LogP contribution is -2.14. The van der Waals surface area contributed by atoms with Crippen LogP contribution in [-0.2, 0) is 6.18 Å². The van der Waals surface area contributed by atoms with Crippen molar-refractivity contribution in [3.05, 3.63) is 40.8 Å². The van der Waals surface area contributed by atoms with E-state index in [1.54, 1.807) is 0 Å². The third-order valence-corrected chi connectivity index (χ3v) is 4.28. The monoisotopic (exact) mass is 353 g/mol. The highest BCUT2D eigenvalue weighted by Gasteiger charge is 2.31. The molecule has 0 aliphatic heterocycles. The van der Waals surface area contributed by atoms with Crippen molar-refractivity contribution in [1.82, 2.24) is 10.2 Å². The first-order chi connectivity index (χ1) is 11.8. The summed E-state index contributed by atoms with van der Waals surface area (Å²) in [5.41, 5.74) is -0.635. The summed E-state index contributed by atoms with van der Waals surface area (Å²) in [6.45, 7) is 1.50. The average molecular weight is 353 g/mol. The Bertz CT molecular complexity index is 765. The lowest BCUT2D eigenvalue weighted by Gasteiger charge is -2.17. The number of carbonyl (C=O) groups excluding carboxylic acids is 1. The number of nitrogens with one attached hydrogen (secondary N) is 1. The van der Waals surface area contributed by atoms with Gasteiger partial charge in [-0.15, -0.1) is 5.10 Å². The fourth-order valence-electron chi connectivity index (χ4n) is 3.05. The molecule has 0 saturated heterocycles. The topological polar surface area (TPSA) is 68.0 Å². The number of hydrogen-bond acceptors (Lipinski definition) is 4. The SMILES string of the molecule is Cc1cc(C(=O)Nc2nnc(C3CCCCC3)o2)cc(C(F)(F)F)c1. The second-order valence-electron chi connectivity index (χ2n) is 6.32. The molecular formula is C17H18F3N3O2. The van der Waals surface area contributed by atoms with E-state index in [9.17, 15) is 18.0 Å². The van der Waals surface area contributed by atoms with Crippen LogP contribution in [0.1, 0.15) is 65.4 Å². The molecule has 1 fully saturated rings. The molecule has 134 valence electrons. The molecule has 5 nitrogen and oxygen atoms in total. The van der Waals surface area contributed by atoms with E-state index in [4.69, 9.17) is 4.42 Å². The fourth-order valence-corrected chi connectivity index (χ4v) is 3.05. The second kappa shape index (κ2) is 6.85. The molecule has 0 atom stereocenters. The van der Waals surface area contributed by atoms with Gasteiger partial charge >= 0.3 is 12.2 Å². The summed E-state index contributed by atoms with van der Waals surface area (Å²) >= 11 is 0. The first-order valence-corrected chi connectivity index (χ1v) is 8.16. The van der Waals surface area contributed by atoms with Gasteiger partial charge in [-0.2, -0.15) is 13.2 Å². The highest BCUT2D eigenvalue weighted by atomic mass is 19.4. The molecule has 8 heteroatoms.